The molecular weight excluding hydrogens is 263 g/mol. The fraction of sp³-hybridized carbons (Fsp3) is 0.636. The summed E-state index contributed by atoms with van der Waals surface area (Å²) in [6.45, 7) is 1.12. The number of carbonyl (C=O) groups excluding carboxylic acids is 1. The second-order valence-electron chi connectivity index (χ2n) is 4.80. The molecule has 0 aromatic carbocycles. The predicted molar refractivity (Wildman–Crippen MR) is 59.5 cm³/mol. The zero-order valence-electron chi connectivity index (χ0n) is 10.3. The maximum Gasteiger partial charge on any atom is 0.418 e. The summed E-state index contributed by atoms with van der Waals surface area (Å²) in [6.07, 6.45) is -5.03. The number of likely N-dealkylation sites (tertiary alicyclic amines) is 1. The van der Waals surface area contributed by atoms with E-state index in [-0.39, 0.29) is 25.1 Å². The van der Waals surface area contributed by atoms with Crippen LogP contribution < -0.4 is 0 Å². The van der Waals surface area contributed by atoms with E-state index in [1.165, 1.54) is 6.07 Å². The Hall–Kier alpha value is -1.57. The fourth-order valence-electron chi connectivity index (χ4n) is 2.13. The van der Waals surface area contributed by atoms with Gasteiger partial charge in [0.2, 0.25) is 0 Å². The van der Waals surface area contributed by atoms with E-state index in [0.717, 1.165) is 4.90 Å². The molecule has 0 radical (unpaired) electrons. The van der Waals surface area contributed by atoms with Gasteiger partial charge in [-0.1, -0.05) is 0 Å². The minimum absolute atomic E-state index is 0.0592. The van der Waals surface area contributed by atoms with Crippen LogP contribution in [0.2, 0.25) is 0 Å². The van der Waals surface area contributed by atoms with Gasteiger partial charge >= 0.3 is 6.18 Å². The van der Waals surface area contributed by atoms with Gasteiger partial charge in [-0.25, -0.2) is 0 Å². The number of nitrogens with zero attached hydrogens (tertiary/aromatic N) is 2. The molecule has 2 N–H and O–H groups in total. The van der Waals surface area contributed by atoms with Crippen LogP contribution in [0.4, 0.5) is 13.2 Å². The van der Waals surface area contributed by atoms with E-state index < -0.39 is 24.2 Å². The highest BCUT2D eigenvalue weighted by Gasteiger charge is 2.56. The first-order valence-corrected chi connectivity index (χ1v) is 5.83. The van der Waals surface area contributed by atoms with Crippen molar-refractivity contribution in [1.29, 1.82) is 0 Å². The number of aromatic amines is 1. The molecule has 1 atom stereocenters. The highest BCUT2D eigenvalue weighted by Crippen LogP contribution is 2.37. The predicted octanol–water partition coefficient (Wildman–Crippen LogP) is 1.25. The molecule has 0 bridgehead atoms. The molecule has 1 aliphatic rings. The molecule has 0 aliphatic carbocycles. The van der Waals surface area contributed by atoms with Gasteiger partial charge in [-0.3, -0.25) is 9.89 Å². The summed E-state index contributed by atoms with van der Waals surface area (Å²) in [5.41, 5.74) is -2.12. The van der Waals surface area contributed by atoms with Gasteiger partial charge in [0.1, 0.15) is 5.69 Å². The van der Waals surface area contributed by atoms with Gasteiger partial charge in [-0.05, 0) is 25.8 Å². The van der Waals surface area contributed by atoms with E-state index in [0.29, 0.717) is 5.69 Å². The van der Waals surface area contributed by atoms with Crippen LogP contribution in [0.25, 0.3) is 0 Å². The molecular formula is C11H14F3N3O2. The SMILES string of the molecule is Cc1cc(C(=O)N2CCC[C@@](O)(C(F)(F)F)C2)n[nH]1. The Balaban J connectivity index is 2.16. The lowest BCUT2D eigenvalue weighted by atomic mass is 9.92. The molecule has 0 saturated carbocycles. The van der Waals surface area contributed by atoms with E-state index in [1.807, 2.05) is 0 Å². The Kier molecular flexibility index (Phi) is 3.29. The van der Waals surface area contributed by atoms with Crippen LogP contribution in [0.3, 0.4) is 0 Å². The summed E-state index contributed by atoms with van der Waals surface area (Å²) < 4.78 is 38.3. The number of β-amino-alcohol motifs (C(OH)–C–C–N with tert-alkyl or cyclic N) is 1. The van der Waals surface area contributed by atoms with E-state index in [2.05, 4.69) is 10.2 Å². The first-order chi connectivity index (χ1) is 8.73. The molecule has 0 unspecified atom stereocenters. The number of hydrogen-bond donors (Lipinski definition) is 2. The molecule has 1 fully saturated rings. The number of halogens is 3. The Morgan fingerprint density at radius 2 is 2.26 bits per heavy atom. The van der Waals surface area contributed by atoms with Gasteiger partial charge in [0.05, 0.1) is 6.54 Å². The smallest absolute Gasteiger partial charge is 0.379 e. The van der Waals surface area contributed by atoms with E-state index >= 15 is 0 Å². The number of aryl methyl sites for hydroxylation is 1. The monoisotopic (exact) mass is 277 g/mol. The van der Waals surface area contributed by atoms with Gasteiger partial charge in [-0.15, -0.1) is 0 Å². The molecule has 2 rings (SSSR count). The third-order valence-corrected chi connectivity index (χ3v) is 3.21. The van der Waals surface area contributed by atoms with Crippen molar-refractivity contribution in [3.05, 3.63) is 17.5 Å². The molecule has 8 heteroatoms. The van der Waals surface area contributed by atoms with Crippen molar-refractivity contribution < 1.29 is 23.1 Å². The van der Waals surface area contributed by atoms with Crippen LogP contribution in [0.15, 0.2) is 6.07 Å². The minimum Gasteiger partial charge on any atom is -0.379 e. The quantitative estimate of drug-likeness (QED) is 0.811. The topological polar surface area (TPSA) is 69.2 Å². The van der Waals surface area contributed by atoms with Crippen LogP contribution in [-0.4, -0.2) is 51.0 Å². The second kappa shape index (κ2) is 4.52. The minimum atomic E-state index is -4.74. The van der Waals surface area contributed by atoms with Crippen molar-refractivity contribution in [2.24, 2.45) is 0 Å². The van der Waals surface area contributed by atoms with Crippen LogP contribution in [0.1, 0.15) is 29.0 Å². The number of hydrogen-bond acceptors (Lipinski definition) is 3. The Morgan fingerprint density at radius 1 is 1.58 bits per heavy atom. The number of piperidine rings is 1. The average Bonchev–Trinajstić information content (AvgIpc) is 2.73. The molecule has 1 amide bonds. The Morgan fingerprint density at radius 3 is 2.79 bits per heavy atom. The Labute approximate surface area is 107 Å². The normalized spacial score (nSPS) is 24.6. The molecule has 2 heterocycles. The summed E-state index contributed by atoms with van der Waals surface area (Å²) in [4.78, 5) is 13.0. The lowest BCUT2D eigenvalue weighted by molar-refractivity contribution is -0.271. The van der Waals surface area contributed by atoms with Crippen LogP contribution in [-0.2, 0) is 0 Å². The zero-order valence-corrected chi connectivity index (χ0v) is 10.3. The van der Waals surface area contributed by atoms with Gasteiger partial charge in [0.15, 0.2) is 5.60 Å². The zero-order chi connectivity index (χ0) is 14.3. The van der Waals surface area contributed by atoms with Gasteiger partial charge in [0, 0.05) is 12.2 Å². The highest BCUT2D eigenvalue weighted by molar-refractivity contribution is 5.92. The maximum atomic E-state index is 12.8. The van der Waals surface area contributed by atoms with Crippen molar-refractivity contribution in [3.63, 3.8) is 0 Å². The van der Waals surface area contributed by atoms with Crippen molar-refractivity contribution in [1.82, 2.24) is 15.1 Å². The van der Waals surface area contributed by atoms with Crippen molar-refractivity contribution in [2.75, 3.05) is 13.1 Å². The fourth-order valence-corrected chi connectivity index (χ4v) is 2.13. The van der Waals surface area contributed by atoms with Gasteiger partial charge < -0.3 is 10.0 Å². The largest absolute Gasteiger partial charge is 0.418 e. The number of aromatic nitrogens is 2. The molecule has 19 heavy (non-hydrogen) atoms. The lowest BCUT2D eigenvalue weighted by Crippen LogP contribution is -2.58. The standard InChI is InChI=1S/C11H14F3N3O2/c1-7-5-8(16-15-7)9(18)17-4-2-3-10(19,6-17)11(12,13)14/h5,19H,2-4,6H2,1H3,(H,15,16)/t10-/m0/s1. The highest BCUT2D eigenvalue weighted by atomic mass is 19.4. The van der Waals surface area contributed by atoms with Crippen LogP contribution >= 0.6 is 0 Å². The van der Waals surface area contributed by atoms with Crippen LogP contribution in [0, 0.1) is 6.92 Å². The lowest BCUT2D eigenvalue weighted by Gasteiger charge is -2.39. The second-order valence-corrected chi connectivity index (χ2v) is 4.80. The first kappa shape index (κ1) is 13.9. The summed E-state index contributed by atoms with van der Waals surface area (Å²) in [6, 6.07) is 1.46. The molecule has 1 aromatic heterocycles. The summed E-state index contributed by atoms with van der Waals surface area (Å²) in [5.74, 6) is -0.605. The number of H-pyrrole nitrogens is 1. The van der Waals surface area contributed by atoms with Crippen molar-refractivity contribution in [2.45, 2.75) is 31.5 Å². The number of carbonyl (C=O) groups is 1. The number of aliphatic hydroxyl groups is 1. The molecule has 1 aromatic rings. The maximum absolute atomic E-state index is 12.8. The molecule has 106 valence electrons. The average molecular weight is 277 g/mol. The van der Waals surface area contributed by atoms with Crippen molar-refractivity contribution >= 4 is 5.91 Å². The summed E-state index contributed by atoms with van der Waals surface area (Å²) >= 11 is 0. The van der Waals surface area contributed by atoms with E-state index in [9.17, 15) is 23.1 Å². The summed E-state index contributed by atoms with van der Waals surface area (Å²) in [7, 11) is 0. The van der Waals surface area contributed by atoms with Crippen molar-refractivity contribution in [3.8, 4) is 0 Å². The van der Waals surface area contributed by atoms with E-state index in [1.54, 1.807) is 6.92 Å². The number of rotatable bonds is 1. The van der Waals surface area contributed by atoms with E-state index in [4.69, 9.17) is 0 Å². The number of alkyl halides is 3. The Bertz CT molecular complexity index is 486. The number of amides is 1. The molecule has 0 spiro atoms. The molecule has 1 aliphatic heterocycles. The first-order valence-electron chi connectivity index (χ1n) is 5.83. The third kappa shape index (κ3) is 2.58. The van der Waals surface area contributed by atoms with Crippen LogP contribution in [0.5, 0.6) is 0 Å². The molecule has 5 nitrogen and oxygen atoms in total. The third-order valence-electron chi connectivity index (χ3n) is 3.21. The summed E-state index contributed by atoms with van der Waals surface area (Å²) in [5, 5.41) is 15.9. The van der Waals surface area contributed by atoms with Gasteiger partial charge in [-0.2, -0.15) is 18.3 Å². The van der Waals surface area contributed by atoms with Gasteiger partial charge in [0.25, 0.3) is 5.91 Å². The number of nitrogens with one attached hydrogen (secondary N) is 1. The molecule has 1 saturated heterocycles.